The molecule has 2 unspecified atom stereocenters. The molecular formula is C18H29FN2. The van der Waals surface area contributed by atoms with Gasteiger partial charge in [0.05, 0.1) is 0 Å². The number of nitrogens with one attached hydrogen (secondary N) is 1. The van der Waals surface area contributed by atoms with Crippen LogP contribution in [0.2, 0.25) is 0 Å². The first-order valence-electron chi connectivity index (χ1n) is 8.32. The van der Waals surface area contributed by atoms with Crippen LogP contribution in [0, 0.1) is 11.7 Å². The first-order chi connectivity index (χ1) is 10.1. The number of halogens is 1. The van der Waals surface area contributed by atoms with E-state index in [1.54, 1.807) is 12.1 Å². The van der Waals surface area contributed by atoms with Crippen LogP contribution in [-0.2, 0) is 6.42 Å². The molecule has 1 aliphatic rings. The zero-order valence-electron chi connectivity index (χ0n) is 13.6. The molecule has 2 atom stereocenters. The first kappa shape index (κ1) is 16.4. The van der Waals surface area contributed by atoms with Crippen LogP contribution in [0.5, 0.6) is 0 Å². The van der Waals surface area contributed by atoms with E-state index in [2.05, 4.69) is 31.0 Å². The summed E-state index contributed by atoms with van der Waals surface area (Å²) < 4.78 is 13.0. The molecule has 1 N–H and O–H groups in total. The fourth-order valence-electron chi connectivity index (χ4n) is 3.28. The van der Waals surface area contributed by atoms with Crippen molar-refractivity contribution < 1.29 is 4.39 Å². The Morgan fingerprint density at radius 1 is 1.29 bits per heavy atom. The minimum absolute atomic E-state index is 0.149. The molecule has 0 aromatic heterocycles. The van der Waals surface area contributed by atoms with Crippen molar-refractivity contribution in [1.82, 2.24) is 10.2 Å². The zero-order chi connectivity index (χ0) is 15.2. The summed E-state index contributed by atoms with van der Waals surface area (Å²) in [5.74, 6) is 0.511. The molecule has 1 fully saturated rings. The summed E-state index contributed by atoms with van der Waals surface area (Å²) in [4.78, 5) is 2.63. The molecule has 3 heteroatoms. The fraction of sp³-hybridized carbons (Fsp3) is 0.667. The van der Waals surface area contributed by atoms with Crippen molar-refractivity contribution in [3.8, 4) is 0 Å². The third kappa shape index (κ3) is 4.79. The highest BCUT2D eigenvalue weighted by atomic mass is 19.1. The lowest BCUT2D eigenvalue weighted by atomic mass is 9.96. The van der Waals surface area contributed by atoms with Crippen molar-refractivity contribution in [2.24, 2.45) is 5.92 Å². The van der Waals surface area contributed by atoms with Crippen LogP contribution in [0.1, 0.15) is 39.2 Å². The van der Waals surface area contributed by atoms with Gasteiger partial charge < -0.3 is 5.32 Å². The van der Waals surface area contributed by atoms with Gasteiger partial charge in [-0.25, -0.2) is 4.39 Å². The quantitative estimate of drug-likeness (QED) is 0.863. The highest BCUT2D eigenvalue weighted by molar-refractivity contribution is 5.16. The van der Waals surface area contributed by atoms with Gasteiger partial charge in [-0.3, -0.25) is 4.90 Å². The predicted octanol–water partition coefficient (Wildman–Crippen LogP) is 3.47. The second kappa shape index (κ2) is 7.90. The molecule has 1 aromatic rings. The summed E-state index contributed by atoms with van der Waals surface area (Å²) in [6, 6.07) is 8.17. The number of rotatable bonds is 6. The van der Waals surface area contributed by atoms with Crippen molar-refractivity contribution >= 4 is 0 Å². The van der Waals surface area contributed by atoms with Gasteiger partial charge in [0.25, 0.3) is 0 Å². The molecule has 21 heavy (non-hydrogen) atoms. The van der Waals surface area contributed by atoms with Crippen LogP contribution < -0.4 is 5.32 Å². The zero-order valence-corrected chi connectivity index (χ0v) is 13.6. The van der Waals surface area contributed by atoms with Gasteiger partial charge in [0.15, 0.2) is 0 Å². The fourth-order valence-corrected chi connectivity index (χ4v) is 3.28. The topological polar surface area (TPSA) is 15.3 Å². The maximum Gasteiger partial charge on any atom is 0.123 e. The van der Waals surface area contributed by atoms with E-state index < -0.39 is 0 Å². The third-order valence-electron chi connectivity index (χ3n) is 4.55. The normalized spacial score (nSPS) is 23.7. The van der Waals surface area contributed by atoms with Crippen LogP contribution in [0.4, 0.5) is 4.39 Å². The van der Waals surface area contributed by atoms with E-state index >= 15 is 0 Å². The molecule has 118 valence electrons. The number of hydrogen-bond donors (Lipinski definition) is 1. The maximum atomic E-state index is 13.0. The van der Waals surface area contributed by atoms with Gasteiger partial charge in [0, 0.05) is 31.7 Å². The number of piperazine rings is 1. The number of benzene rings is 1. The van der Waals surface area contributed by atoms with Crippen molar-refractivity contribution in [1.29, 1.82) is 0 Å². The SMILES string of the molecule is CCCC1CN(CCc2ccc(F)cc2)C(C(C)C)CN1. The van der Waals surface area contributed by atoms with Gasteiger partial charge in [-0.05, 0) is 36.5 Å². The second-order valence-electron chi connectivity index (χ2n) is 6.58. The van der Waals surface area contributed by atoms with Crippen LogP contribution in [-0.4, -0.2) is 36.6 Å². The van der Waals surface area contributed by atoms with Gasteiger partial charge in [-0.2, -0.15) is 0 Å². The Morgan fingerprint density at radius 2 is 2.00 bits per heavy atom. The second-order valence-corrected chi connectivity index (χ2v) is 6.58. The molecule has 2 nitrogen and oxygen atoms in total. The Balaban J connectivity index is 1.94. The summed E-state index contributed by atoms with van der Waals surface area (Å²) in [6.45, 7) is 10.1. The van der Waals surface area contributed by atoms with Gasteiger partial charge in [0.1, 0.15) is 5.82 Å². The van der Waals surface area contributed by atoms with Crippen LogP contribution in [0.3, 0.4) is 0 Å². The molecule has 0 radical (unpaired) electrons. The van der Waals surface area contributed by atoms with E-state index in [0.29, 0.717) is 18.0 Å². The van der Waals surface area contributed by atoms with E-state index in [4.69, 9.17) is 0 Å². The molecule has 0 saturated carbocycles. The van der Waals surface area contributed by atoms with Gasteiger partial charge >= 0.3 is 0 Å². The van der Waals surface area contributed by atoms with Gasteiger partial charge in [0.2, 0.25) is 0 Å². The minimum Gasteiger partial charge on any atom is -0.311 e. The molecule has 1 aliphatic heterocycles. The smallest absolute Gasteiger partial charge is 0.123 e. The van der Waals surface area contributed by atoms with Crippen LogP contribution in [0.25, 0.3) is 0 Å². The number of hydrogen-bond acceptors (Lipinski definition) is 2. The van der Waals surface area contributed by atoms with Crippen molar-refractivity contribution in [3.05, 3.63) is 35.6 Å². The highest BCUT2D eigenvalue weighted by Gasteiger charge is 2.28. The Kier molecular flexibility index (Phi) is 6.19. The third-order valence-corrected chi connectivity index (χ3v) is 4.55. The molecule has 2 rings (SSSR count). The van der Waals surface area contributed by atoms with E-state index in [-0.39, 0.29) is 5.82 Å². The Labute approximate surface area is 128 Å². The molecule has 0 bridgehead atoms. The van der Waals surface area contributed by atoms with Crippen LogP contribution >= 0.6 is 0 Å². The molecule has 1 heterocycles. The molecule has 0 aliphatic carbocycles. The van der Waals surface area contributed by atoms with E-state index in [9.17, 15) is 4.39 Å². The standard InChI is InChI=1S/C18H29FN2/c1-4-5-17-13-21(18(12-20-17)14(2)3)11-10-15-6-8-16(19)9-7-15/h6-9,14,17-18,20H,4-5,10-13H2,1-3H3. The molecular weight excluding hydrogens is 263 g/mol. The summed E-state index contributed by atoms with van der Waals surface area (Å²) >= 11 is 0. The van der Waals surface area contributed by atoms with Gasteiger partial charge in [-0.1, -0.05) is 39.3 Å². The summed E-state index contributed by atoms with van der Waals surface area (Å²) in [7, 11) is 0. The van der Waals surface area contributed by atoms with Crippen molar-refractivity contribution in [3.63, 3.8) is 0 Å². The Hall–Kier alpha value is -0.930. The lowest BCUT2D eigenvalue weighted by Gasteiger charge is -2.42. The first-order valence-corrected chi connectivity index (χ1v) is 8.32. The van der Waals surface area contributed by atoms with Crippen molar-refractivity contribution in [2.75, 3.05) is 19.6 Å². The largest absolute Gasteiger partial charge is 0.311 e. The van der Waals surface area contributed by atoms with Gasteiger partial charge in [-0.15, -0.1) is 0 Å². The maximum absolute atomic E-state index is 13.0. The van der Waals surface area contributed by atoms with E-state index in [0.717, 1.165) is 26.1 Å². The lowest BCUT2D eigenvalue weighted by Crippen LogP contribution is -2.58. The predicted molar refractivity (Wildman–Crippen MR) is 87.0 cm³/mol. The van der Waals surface area contributed by atoms with E-state index in [1.165, 1.54) is 18.4 Å². The summed E-state index contributed by atoms with van der Waals surface area (Å²) in [5, 5.41) is 3.70. The monoisotopic (exact) mass is 292 g/mol. The van der Waals surface area contributed by atoms with Crippen LogP contribution in [0.15, 0.2) is 24.3 Å². The Bertz CT molecular complexity index is 416. The number of nitrogens with zero attached hydrogens (tertiary/aromatic N) is 1. The average Bonchev–Trinajstić information content (AvgIpc) is 2.47. The minimum atomic E-state index is -0.149. The van der Waals surface area contributed by atoms with E-state index in [1.807, 2.05) is 12.1 Å². The molecule has 1 aromatic carbocycles. The Morgan fingerprint density at radius 3 is 2.62 bits per heavy atom. The lowest BCUT2D eigenvalue weighted by molar-refractivity contribution is 0.0969. The van der Waals surface area contributed by atoms with Crippen molar-refractivity contribution in [2.45, 2.75) is 52.1 Å². The summed E-state index contributed by atoms with van der Waals surface area (Å²) in [5.41, 5.74) is 1.23. The molecule has 0 amide bonds. The highest BCUT2D eigenvalue weighted by Crippen LogP contribution is 2.18. The molecule has 1 saturated heterocycles. The molecule has 0 spiro atoms. The average molecular weight is 292 g/mol. The summed E-state index contributed by atoms with van der Waals surface area (Å²) in [6.07, 6.45) is 3.48.